The number of alkyl carbamates (subject to hydrolysis) is 1. The third-order valence-electron chi connectivity index (χ3n) is 6.65. The Morgan fingerprint density at radius 3 is 2.31 bits per heavy atom. The van der Waals surface area contributed by atoms with E-state index in [1.54, 1.807) is 57.3 Å². The Morgan fingerprint density at radius 2 is 1.64 bits per heavy atom. The first kappa shape index (κ1) is 32.9. The Bertz CT molecular complexity index is 1950. The molecule has 2 amide bonds. The molecule has 0 aliphatic rings. The molecule has 0 bridgehead atoms. The van der Waals surface area contributed by atoms with Crippen LogP contribution in [0.3, 0.4) is 0 Å². The van der Waals surface area contributed by atoms with Gasteiger partial charge < -0.3 is 15.4 Å². The largest absolute Gasteiger partial charge is 0.444 e. The third-order valence-corrected chi connectivity index (χ3v) is 12.2. The van der Waals surface area contributed by atoms with Crippen LogP contribution in [-0.2, 0) is 21.2 Å². The average Bonchev–Trinajstić information content (AvgIpc) is 3.57. The summed E-state index contributed by atoms with van der Waals surface area (Å²) in [5, 5.41) is 6.45. The number of carbonyl (C=O) groups is 2. The Hall–Kier alpha value is -3.52. The lowest BCUT2D eigenvalue weighted by Gasteiger charge is -2.23. The number of halogens is 2. The van der Waals surface area contributed by atoms with E-state index in [2.05, 4.69) is 47.5 Å². The monoisotopic (exact) mass is 772 g/mol. The Balaban J connectivity index is 1.43. The van der Waals surface area contributed by atoms with Gasteiger partial charge in [-0.1, -0.05) is 48.5 Å². The number of pyridine rings is 1. The molecular formula is C32H30Br2N4O5S2. The summed E-state index contributed by atoms with van der Waals surface area (Å²) in [5.41, 5.74) is 1.33. The lowest BCUT2D eigenvalue weighted by molar-refractivity contribution is 0.0519. The number of nitrogens with one attached hydrogen (secondary N) is 2. The molecule has 9 nitrogen and oxygen atoms in total. The van der Waals surface area contributed by atoms with Gasteiger partial charge in [-0.25, -0.2) is 22.2 Å². The molecule has 1 atom stereocenters. The summed E-state index contributed by atoms with van der Waals surface area (Å²) in [7, 11) is -3.88. The summed E-state index contributed by atoms with van der Waals surface area (Å²) in [6, 6.07) is 20.9. The van der Waals surface area contributed by atoms with Crippen molar-refractivity contribution in [2.75, 3.05) is 6.54 Å². The molecule has 2 aromatic carbocycles. The summed E-state index contributed by atoms with van der Waals surface area (Å²) >= 11 is 8.47. The topological polar surface area (TPSA) is 119 Å². The molecule has 0 aliphatic heterocycles. The normalized spacial score (nSPS) is 12.6. The molecule has 0 saturated heterocycles. The number of thiophene rings is 1. The van der Waals surface area contributed by atoms with Crippen molar-refractivity contribution in [3.8, 4) is 10.4 Å². The number of ether oxygens (including phenoxy) is 1. The molecule has 0 saturated carbocycles. The van der Waals surface area contributed by atoms with E-state index in [0.717, 1.165) is 14.4 Å². The Morgan fingerprint density at radius 1 is 0.978 bits per heavy atom. The van der Waals surface area contributed by atoms with E-state index >= 15 is 0 Å². The van der Waals surface area contributed by atoms with Crippen molar-refractivity contribution in [2.24, 2.45) is 0 Å². The minimum absolute atomic E-state index is 0.153. The second kappa shape index (κ2) is 13.5. The summed E-state index contributed by atoms with van der Waals surface area (Å²) < 4.78 is 34.5. The van der Waals surface area contributed by atoms with Gasteiger partial charge >= 0.3 is 6.09 Å². The van der Waals surface area contributed by atoms with Crippen LogP contribution in [0, 0.1) is 0 Å². The number of hydrogen-bond donors (Lipinski definition) is 2. The van der Waals surface area contributed by atoms with Crippen molar-refractivity contribution < 1.29 is 22.7 Å². The van der Waals surface area contributed by atoms with Gasteiger partial charge in [0.05, 0.1) is 24.8 Å². The molecule has 5 aromatic rings. The van der Waals surface area contributed by atoms with Crippen LogP contribution in [-0.4, -0.2) is 47.6 Å². The van der Waals surface area contributed by atoms with Crippen LogP contribution in [0.25, 0.3) is 21.5 Å². The average molecular weight is 775 g/mol. The number of aromatic nitrogens is 2. The van der Waals surface area contributed by atoms with Crippen LogP contribution in [0.4, 0.5) is 4.79 Å². The van der Waals surface area contributed by atoms with Crippen molar-refractivity contribution in [2.45, 2.75) is 43.7 Å². The maximum atomic E-state index is 13.7. The lowest BCUT2D eigenvalue weighted by atomic mass is 10.1. The van der Waals surface area contributed by atoms with Crippen LogP contribution in [0.5, 0.6) is 0 Å². The summed E-state index contributed by atoms with van der Waals surface area (Å²) in [6.07, 6.45) is 2.94. The fourth-order valence-electron chi connectivity index (χ4n) is 4.67. The molecule has 2 N–H and O–H groups in total. The molecule has 234 valence electrons. The van der Waals surface area contributed by atoms with Gasteiger partial charge in [0.25, 0.3) is 15.9 Å². The number of rotatable bonds is 9. The summed E-state index contributed by atoms with van der Waals surface area (Å²) in [4.78, 5) is 31.8. The Kier molecular flexibility index (Phi) is 9.83. The molecule has 3 heterocycles. The SMILES string of the molecule is CC(C)(C)OC(=O)NCC(Cc1ccccc1)NC(=O)c1sc(-c2ccnc3c2ccn3S(=O)(=O)c2ccccc2)c(Br)c1Br. The van der Waals surface area contributed by atoms with Gasteiger partial charge in [0.1, 0.15) is 10.5 Å². The van der Waals surface area contributed by atoms with Gasteiger partial charge in [0, 0.05) is 29.9 Å². The maximum absolute atomic E-state index is 13.7. The fraction of sp³-hybridized carbons (Fsp3) is 0.219. The number of amides is 2. The first-order valence-corrected chi connectivity index (χ1v) is 17.8. The van der Waals surface area contributed by atoms with Crippen molar-refractivity contribution in [3.05, 3.63) is 105 Å². The second-order valence-corrected chi connectivity index (χ2v) is 15.6. The van der Waals surface area contributed by atoms with Crippen molar-refractivity contribution in [1.82, 2.24) is 19.6 Å². The van der Waals surface area contributed by atoms with Crippen molar-refractivity contribution >= 4 is 76.3 Å². The molecular weight excluding hydrogens is 744 g/mol. The molecule has 0 spiro atoms. The number of nitrogens with zero attached hydrogens (tertiary/aromatic N) is 2. The second-order valence-electron chi connectivity index (χ2n) is 11.2. The molecule has 3 aromatic heterocycles. The third kappa shape index (κ3) is 7.49. The van der Waals surface area contributed by atoms with Gasteiger partial charge in [-0.15, -0.1) is 11.3 Å². The van der Waals surface area contributed by atoms with Crippen LogP contribution in [0.2, 0.25) is 0 Å². The predicted molar refractivity (Wildman–Crippen MR) is 183 cm³/mol. The van der Waals surface area contributed by atoms with Gasteiger partial charge in [0.15, 0.2) is 5.65 Å². The lowest BCUT2D eigenvalue weighted by Crippen LogP contribution is -2.46. The minimum atomic E-state index is -3.88. The number of hydrogen-bond acceptors (Lipinski definition) is 7. The number of fused-ring (bicyclic) bond motifs is 1. The first-order valence-electron chi connectivity index (χ1n) is 13.9. The predicted octanol–water partition coefficient (Wildman–Crippen LogP) is 7.39. The highest BCUT2D eigenvalue weighted by atomic mass is 79.9. The van der Waals surface area contributed by atoms with Gasteiger partial charge in [-0.05, 0) is 88.9 Å². The van der Waals surface area contributed by atoms with Crippen molar-refractivity contribution in [3.63, 3.8) is 0 Å². The van der Waals surface area contributed by atoms with E-state index in [9.17, 15) is 18.0 Å². The van der Waals surface area contributed by atoms with E-state index in [1.165, 1.54) is 29.7 Å². The molecule has 13 heteroatoms. The zero-order valence-corrected chi connectivity index (χ0v) is 29.4. The van der Waals surface area contributed by atoms with E-state index in [4.69, 9.17) is 4.74 Å². The van der Waals surface area contributed by atoms with Crippen LogP contribution < -0.4 is 10.6 Å². The zero-order chi connectivity index (χ0) is 32.4. The molecule has 0 radical (unpaired) electrons. The maximum Gasteiger partial charge on any atom is 0.407 e. The quantitative estimate of drug-likeness (QED) is 0.161. The summed E-state index contributed by atoms with van der Waals surface area (Å²) in [5.74, 6) is -0.333. The molecule has 0 aliphatic carbocycles. The Labute approximate surface area is 282 Å². The van der Waals surface area contributed by atoms with E-state index in [0.29, 0.717) is 31.2 Å². The van der Waals surface area contributed by atoms with Crippen LogP contribution in [0.15, 0.2) is 99.0 Å². The van der Waals surface area contributed by atoms with E-state index < -0.39 is 27.8 Å². The highest BCUT2D eigenvalue weighted by Crippen LogP contribution is 2.45. The van der Waals surface area contributed by atoms with Gasteiger partial charge in [-0.3, -0.25) is 4.79 Å². The van der Waals surface area contributed by atoms with Gasteiger partial charge in [-0.2, -0.15) is 0 Å². The fourth-order valence-corrected chi connectivity index (χ4v) is 8.56. The molecule has 0 fully saturated rings. The highest BCUT2D eigenvalue weighted by Gasteiger charge is 2.26. The minimum Gasteiger partial charge on any atom is -0.444 e. The number of carbonyl (C=O) groups excluding carboxylic acids is 2. The standard InChI is InChI=1S/C32H30Br2N4O5S2/c1-32(2,3)43-31(40)36-19-21(18-20-10-6-4-7-11-20)37-30(39)28-26(34)25(33)27(44-28)23-14-16-35-29-24(23)15-17-38(29)45(41,42)22-12-8-5-9-13-22/h4-17,21H,18-19H2,1-3H3,(H,36,40)(H,37,39). The number of benzene rings is 2. The smallest absolute Gasteiger partial charge is 0.407 e. The van der Waals surface area contributed by atoms with Crippen molar-refractivity contribution in [1.29, 1.82) is 0 Å². The van der Waals surface area contributed by atoms with E-state index in [-0.39, 0.29) is 23.0 Å². The molecule has 5 rings (SSSR count). The highest BCUT2D eigenvalue weighted by molar-refractivity contribution is 9.13. The molecule has 45 heavy (non-hydrogen) atoms. The summed E-state index contributed by atoms with van der Waals surface area (Å²) in [6.45, 7) is 5.51. The zero-order valence-electron chi connectivity index (χ0n) is 24.6. The van der Waals surface area contributed by atoms with Gasteiger partial charge in [0.2, 0.25) is 0 Å². The van der Waals surface area contributed by atoms with Crippen LogP contribution in [0.1, 0.15) is 36.0 Å². The van der Waals surface area contributed by atoms with Crippen LogP contribution >= 0.6 is 43.2 Å². The first-order chi connectivity index (χ1) is 21.3. The van der Waals surface area contributed by atoms with E-state index in [1.807, 2.05) is 30.3 Å². The molecule has 1 unspecified atom stereocenters.